The molecule has 0 saturated carbocycles. The quantitative estimate of drug-likeness (QED) is 0.0169. The lowest BCUT2D eigenvalue weighted by molar-refractivity contribution is -0.161. The molecule has 19 heteroatoms. The number of hydrogen-bond donors (Lipinski definition) is 3. The fourth-order valence-corrected chi connectivity index (χ4v) is 13.8. The van der Waals surface area contributed by atoms with E-state index in [4.69, 9.17) is 37.0 Å². The van der Waals surface area contributed by atoms with Crippen LogP contribution in [-0.2, 0) is 65.4 Å². The van der Waals surface area contributed by atoms with E-state index in [2.05, 4.69) is 58.9 Å². The number of esters is 4. The standard InChI is InChI=1S/C82H156O17P2/c1-6-10-13-16-19-22-25-28-33-37-42-46-51-56-61-66-80(85)93-72-78(99-82(87)68-63-58-53-48-43-38-35-32-30-29-31-34-36-39-44-49-54-59-64-75(5)9-4)74-97-101(90,91)95-70-76(83)69-94-100(88,89)96-73-77(98-81(86)67-62-57-52-47-41-27-24-21-18-15-12-8-3)71-92-79(84)65-60-55-50-45-40-26-23-20-17-14-11-7-2/h22,25,28,33,75-78,83H,6-21,23-24,26-27,29-32,34-74H2,1-5H3,(H,88,89)(H,90,91)/b25-22-,33-28-/t75?,76-,77+,78+/m0/s1. The Labute approximate surface area is 618 Å². The summed E-state index contributed by atoms with van der Waals surface area (Å²) in [6.45, 7) is 7.33. The molecule has 0 aromatic heterocycles. The summed E-state index contributed by atoms with van der Waals surface area (Å²) in [5, 5.41) is 10.6. The Hall–Kier alpha value is -2.46. The molecule has 0 aliphatic rings. The van der Waals surface area contributed by atoms with Crippen LogP contribution in [0.4, 0.5) is 0 Å². The van der Waals surface area contributed by atoms with Gasteiger partial charge in [0.05, 0.1) is 26.4 Å². The van der Waals surface area contributed by atoms with E-state index >= 15 is 0 Å². The molecule has 3 unspecified atom stereocenters. The van der Waals surface area contributed by atoms with Crippen molar-refractivity contribution >= 4 is 39.5 Å². The number of carbonyl (C=O) groups is 4. The van der Waals surface area contributed by atoms with Crippen LogP contribution in [-0.4, -0.2) is 96.7 Å². The molecule has 0 spiro atoms. The van der Waals surface area contributed by atoms with Gasteiger partial charge in [-0.2, -0.15) is 0 Å². The number of allylic oxidation sites excluding steroid dienone is 4. The van der Waals surface area contributed by atoms with Crippen LogP contribution in [0.15, 0.2) is 24.3 Å². The number of hydrogen-bond acceptors (Lipinski definition) is 15. The van der Waals surface area contributed by atoms with Gasteiger partial charge >= 0.3 is 39.5 Å². The van der Waals surface area contributed by atoms with Crippen molar-refractivity contribution in [2.75, 3.05) is 39.6 Å². The largest absolute Gasteiger partial charge is 0.472 e. The number of phosphoric acid groups is 2. The molecule has 0 radical (unpaired) electrons. The molecule has 0 bridgehead atoms. The van der Waals surface area contributed by atoms with Gasteiger partial charge in [-0.15, -0.1) is 0 Å². The van der Waals surface area contributed by atoms with Crippen molar-refractivity contribution in [1.29, 1.82) is 0 Å². The van der Waals surface area contributed by atoms with E-state index in [0.717, 1.165) is 115 Å². The predicted octanol–water partition coefficient (Wildman–Crippen LogP) is 24.4. The van der Waals surface area contributed by atoms with E-state index < -0.39 is 97.5 Å². The van der Waals surface area contributed by atoms with Crippen molar-refractivity contribution in [3.05, 3.63) is 24.3 Å². The first-order valence-electron chi connectivity index (χ1n) is 42.0. The number of rotatable bonds is 80. The zero-order chi connectivity index (χ0) is 74.1. The third-order valence-corrected chi connectivity index (χ3v) is 20.9. The molecule has 0 aliphatic carbocycles. The molecule has 3 N–H and O–H groups in total. The second-order valence-corrected chi connectivity index (χ2v) is 32.0. The van der Waals surface area contributed by atoms with Crippen molar-refractivity contribution < 1.29 is 80.2 Å². The van der Waals surface area contributed by atoms with Crippen LogP contribution in [0, 0.1) is 5.92 Å². The van der Waals surface area contributed by atoms with E-state index in [9.17, 15) is 43.2 Å². The average Bonchev–Trinajstić information content (AvgIpc) is 0.935. The molecule has 0 rings (SSSR count). The lowest BCUT2D eigenvalue weighted by Crippen LogP contribution is -2.30. The van der Waals surface area contributed by atoms with Crippen molar-refractivity contribution in [3.63, 3.8) is 0 Å². The van der Waals surface area contributed by atoms with Crippen LogP contribution in [0.25, 0.3) is 0 Å². The molecule has 17 nitrogen and oxygen atoms in total. The van der Waals surface area contributed by atoms with Crippen LogP contribution in [0.3, 0.4) is 0 Å². The summed E-state index contributed by atoms with van der Waals surface area (Å²) in [7, 11) is -9.93. The van der Waals surface area contributed by atoms with Crippen LogP contribution >= 0.6 is 15.6 Å². The second kappa shape index (κ2) is 74.4. The van der Waals surface area contributed by atoms with Crippen LogP contribution in [0.1, 0.15) is 413 Å². The third-order valence-electron chi connectivity index (χ3n) is 19.0. The highest BCUT2D eigenvalue weighted by Crippen LogP contribution is 2.45. The van der Waals surface area contributed by atoms with Gasteiger partial charge in [0.15, 0.2) is 12.2 Å². The molecule has 0 aliphatic heterocycles. The Morgan fingerprint density at radius 1 is 0.317 bits per heavy atom. The minimum atomic E-state index is -4.97. The summed E-state index contributed by atoms with van der Waals surface area (Å²) in [5.41, 5.74) is 0. The second-order valence-electron chi connectivity index (χ2n) is 29.1. The molecule has 6 atom stereocenters. The summed E-state index contributed by atoms with van der Waals surface area (Å²) in [5.74, 6) is -1.27. The Morgan fingerprint density at radius 3 is 0.842 bits per heavy atom. The first-order valence-corrected chi connectivity index (χ1v) is 45.0. The highest BCUT2D eigenvalue weighted by Gasteiger charge is 2.30. The van der Waals surface area contributed by atoms with E-state index in [-0.39, 0.29) is 25.7 Å². The SMILES string of the molecule is CCCCCC/C=C\C=C/CCCCCCCC(=O)OC[C@H](COP(=O)(O)OC[C@@H](O)COP(=O)(O)OC[C@@H](COC(=O)CCCCCCCCCCCCCC)OC(=O)CCCCCCCCCCCCCC)OC(=O)CCCCCCCCCCCCCCCCCCCCC(C)CC. The lowest BCUT2D eigenvalue weighted by atomic mass is 9.99. The van der Waals surface area contributed by atoms with Crippen LogP contribution < -0.4 is 0 Å². The van der Waals surface area contributed by atoms with E-state index in [1.165, 1.54) is 218 Å². The highest BCUT2D eigenvalue weighted by atomic mass is 31.2. The van der Waals surface area contributed by atoms with E-state index in [1.807, 2.05) is 0 Å². The van der Waals surface area contributed by atoms with E-state index in [0.29, 0.717) is 25.7 Å². The molecular weight excluding hydrogens is 1320 g/mol. The first kappa shape index (κ1) is 98.5. The van der Waals surface area contributed by atoms with Gasteiger partial charge < -0.3 is 33.8 Å². The predicted molar refractivity (Wildman–Crippen MR) is 414 cm³/mol. The molecule has 0 fully saturated rings. The van der Waals surface area contributed by atoms with Gasteiger partial charge in [-0.25, -0.2) is 9.13 Å². The fourth-order valence-electron chi connectivity index (χ4n) is 12.2. The van der Waals surface area contributed by atoms with Crippen molar-refractivity contribution in [3.8, 4) is 0 Å². The summed E-state index contributed by atoms with van der Waals surface area (Å²) >= 11 is 0. The van der Waals surface area contributed by atoms with Crippen molar-refractivity contribution in [2.24, 2.45) is 5.92 Å². The number of ether oxygens (including phenoxy) is 4. The smallest absolute Gasteiger partial charge is 0.462 e. The summed E-state index contributed by atoms with van der Waals surface area (Å²) in [6, 6.07) is 0. The number of unbranched alkanes of at least 4 members (excludes halogenated alkanes) is 48. The van der Waals surface area contributed by atoms with Crippen LogP contribution in [0.5, 0.6) is 0 Å². The van der Waals surface area contributed by atoms with Gasteiger partial charge in [0.2, 0.25) is 0 Å². The molecule has 101 heavy (non-hydrogen) atoms. The Balaban J connectivity index is 5.25. The zero-order valence-electron chi connectivity index (χ0n) is 65.5. The molecule has 596 valence electrons. The summed E-state index contributed by atoms with van der Waals surface area (Å²) in [4.78, 5) is 73.0. The van der Waals surface area contributed by atoms with E-state index in [1.54, 1.807) is 0 Å². The topological polar surface area (TPSA) is 237 Å². The zero-order valence-corrected chi connectivity index (χ0v) is 67.3. The fraction of sp³-hybridized carbons (Fsp3) is 0.902. The van der Waals surface area contributed by atoms with Gasteiger partial charge in [-0.1, -0.05) is 361 Å². The summed E-state index contributed by atoms with van der Waals surface area (Å²) < 4.78 is 68.7. The lowest BCUT2D eigenvalue weighted by Gasteiger charge is -2.21. The Bertz CT molecular complexity index is 2020. The molecule has 0 amide bonds. The molecule has 0 aromatic carbocycles. The van der Waals surface area contributed by atoms with Gasteiger partial charge in [-0.05, 0) is 57.3 Å². The van der Waals surface area contributed by atoms with Crippen molar-refractivity contribution in [1.82, 2.24) is 0 Å². The van der Waals surface area contributed by atoms with Gasteiger partial charge in [-0.3, -0.25) is 37.3 Å². The van der Waals surface area contributed by atoms with Gasteiger partial charge in [0, 0.05) is 25.7 Å². The first-order chi connectivity index (χ1) is 49.1. The maximum Gasteiger partial charge on any atom is 0.472 e. The molecular formula is C82H156O17P2. The summed E-state index contributed by atoms with van der Waals surface area (Å²) in [6.07, 6.45) is 68.7. The normalized spacial score (nSPS) is 14.3. The molecule has 0 aromatic rings. The number of carbonyl (C=O) groups excluding carboxylic acids is 4. The minimum absolute atomic E-state index is 0.102. The Kier molecular flexibility index (Phi) is 72.6. The van der Waals surface area contributed by atoms with Crippen LogP contribution in [0.2, 0.25) is 0 Å². The maximum absolute atomic E-state index is 13.1. The Morgan fingerprint density at radius 2 is 0.554 bits per heavy atom. The third kappa shape index (κ3) is 74.2. The maximum atomic E-state index is 13.1. The van der Waals surface area contributed by atoms with Gasteiger partial charge in [0.1, 0.15) is 19.3 Å². The number of aliphatic hydroxyl groups excluding tert-OH is 1. The molecule has 0 heterocycles. The number of phosphoric ester groups is 2. The van der Waals surface area contributed by atoms with Gasteiger partial charge in [0.25, 0.3) is 0 Å². The van der Waals surface area contributed by atoms with Crippen molar-refractivity contribution in [2.45, 2.75) is 432 Å². The minimum Gasteiger partial charge on any atom is -0.462 e. The number of aliphatic hydroxyl groups is 1. The highest BCUT2D eigenvalue weighted by molar-refractivity contribution is 7.47. The monoisotopic (exact) mass is 1480 g/mol. The molecule has 0 saturated heterocycles. The average molecular weight is 1480 g/mol.